The van der Waals surface area contributed by atoms with Crippen LogP contribution in [0.1, 0.15) is 35.3 Å². The average molecular weight is 379 g/mol. The van der Waals surface area contributed by atoms with Gasteiger partial charge in [0.1, 0.15) is 11.3 Å². The van der Waals surface area contributed by atoms with Crippen LogP contribution in [0, 0.1) is 6.92 Å². The van der Waals surface area contributed by atoms with E-state index in [9.17, 15) is 23.1 Å². The van der Waals surface area contributed by atoms with E-state index in [2.05, 4.69) is 0 Å². The Morgan fingerprint density at radius 3 is 2.30 bits per heavy atom. The molecule has 0 atom stereocenters. The lowest BCUT2D eigenvalue weighted by Gasteiger charge is -2.10. The standard InChI is InChI=1S/C18H14F3NO3.C2H6/c1-9-12-7-13(17(24)25)15(23)8-14(12)22(2)16(9)10-4-3-5-11(6-10)18(19,20)21;1-2/h3-8,23H,1-2H3,(H,24,25);1-2H3. The van der Waals surface area contributed by atoms with Gasteiger partial charge < -0.3 is 14.8 Å². The summed E-state index contributed by atoms with van der Waals surface area (Å²) in [6.07, 6.45) is -4.46. The van der Waals surface area contributed by atoms with E-state index in [1.165, 1.54) is 18.2 Å². The third-order valence-corrected chi connectivity index (χ3v) is 4.26. The molecule has 0 radical (unpaired) electrons. The van der Waals surface area contributed by atoms with Crippen molar-refractivity contribution in [3.8, 4) is 17.0 Å². The zero-order valence-corrected chi connectivity index (χ0v) is 15.3. The first-order chi connectivity index (χ1) is 12.6. The van der Waals surface area contributed by atoms with Crippen molar-refractivity contribution < 1.29 is 28.2 Å². The number of fused-ring (bicyclic) bond motifs is 1. The number of aromatic carboxylic acids is 1. The van der Waals surface area contributed by atoms with E-state index >= 15 is 0 Å². The fraction of sp³-hybridized carbons (Fsp3) is 0.250. The van der Waals surface area contributed by atoms with Crippen molar-refractivity contribution in [3.63, 3.8) is 0 Å². The molecule has 0 aliphatic carbocycles. The predicted molar refractivity (Wildman–Crippen MR) is 98.1 cm³/mol. The smallest absolute Gasteiger partial charge is 0.416 e. The Hall–Kier alpha value is -2.96. The second-order valence-electron chi connectivity index (χ2n) is 5.80. The SMILES string of the molecule is CC.Cc1c(-c2cccc(C(F)(F)F)c2)n(C)c2cc(O)c(C(=O)O)cc12. The van der Waals surface area contributed by atoms with Gasteiger partial charge in [0.15, 0.2) is 0 Å². The summed E-state index contributed by atoms with van der Waals surface area (Å²) in [6.45, 7) is 5.71. The van der Waals surface area contributed by atoms with Gasteiger partial charge in [-0.25, -0.2) is 4.79 Å². The molecule has 0 amide bonds. The third-order valence-electron chi connectivity index (χ3n) is 4.26. The first kappa shape index (κ1) is 20.4. The molecule has 144 valence electrons. The number of nitrogens with zero attached hydrogens (tertiary/aromatic N) is 1. The number of benzene rings is 2. The molecule has 0 aliphatic rings. The van der Waals surface area contributed by atoms with E-state index in [-0.39, 0.29) is 5.56 Å². The van der Waals surface area contributed by atoms with Crippen LogP contribution in [0.15, 0.2) is 36.4 Å². The lowest BCUT2D eigenvalue weighted by molar-refractivity contribution is -0.137. The molecule has 3 rings (SSSR count). The number of carboxylic acid groups (broad SMARTS) is 1. The Bertz CT molecular complexity index is 1000. The minimum atomic E-state index is -4.46. The van der Waals surface area contributed by atoms with Crippen LogP contribution in [-0.2, 0) is 13.2 Å². The van der Waals surface area contributed by atoms with Crippen LogP contribution in [0.5, 0.6) is 5.75 Å². The quantitative estimate of drug-likeness (QED) is 0.609. The molecule has 3 aromatic rings. The van der Waals surface area contributed by atoms with Crippen molar-refractivity contribution in [2.45, 2.75) is 26.9 Å². The second kappa shape index (κ2) is 7.34. The normalized spacial score (nSPS) is 11.2. The molecule has 0 bridgehead atoms. The maximum atomic E-state index is 13.0. The molecule has 27 heavy (non-hydrogen) atoms. The maximum absolute atomic E-state index is 13.0. The van der Waals surface area contributed by atoms with Gasteiger partial charge in [-0.1, -0.05) is 26.0 Å². The molecular formula is C20H20F3NO3. The van der Waals surface area contributed by atoms with Crippen LogP contribution in [0.25, 0.3) is 22.2 Å². The number of phenols is 1. The largest absolute Gasteiger partial charge is 0.507 e. The summed E-state index contributed by atoms with van der Waals surface area (Å²) in [5, 5.41) is 19.6. The minimum absolute atomic E-state index is 0.253. The Morgan fingerprint density at radius 2 is 1.74 bits per heavy atom. The zero-order valence-electron chi connectivity index (χ0n) is 15.3. The maximum Gasteiger partial charge on any atom is 0.416 e. The summed E-state index contributed by atoms with van der Waals surface area (Å²) in [7, 11) is 1.66. The highest BCUT2D eigenvalue weighted by atomic mass is 19.4. The summed E-state index contributed by atoms with van der Waals surface area (Å²) < 4.78 is 40.6. The zero-order chi connectivity index (χ0) is 20.5. The van der Waals surface area contributed by atoms with E-state index in [1.807, 2.05) is 13.8 Å². The van der Waals surface area contributed by atoms with Crippen LogP contribution in [0.3, 0.4) is 0 Å². The van der Waals surface area contributed by atoms with E-state index in [1.54, 1.807) is 24.6 Å². The molecule has 7 heteroatoms. The molecule has 2 aromatic carbocycles. The summed E-state index contributed by atoms with van der Waals surface area (Å²) in [5.74, 6) is -1.67. The van der Waals surface area contributed by atoms with Crippen LogP contribution in [0.2, 0.25) is 0 Å². The Morgan fingerprint density at radius 1 is 1.11 bits per heavy atom. The summed E-state index contributed by atoms with van der Waals surface area (Å²) in [6, 6.07) is 7.58. The molecule has 0 fully saturated rings. The lowest BCUT2D eigenvalue weighted by Crippen LogP contribution is -2.05. The van der Waals surface area contributed by atoms with Gasteiger partial charge in [0.05, 0.1) is 16.8 Å². The number of carbonyl (C=O) groups is 1. The first-order valence-electron chi connectivity index (χ1n) is 8.34. The number of aromatic hydroxyl groups is 1. The third kappa shape index (κ3) is 3.63. The molecule has 0 spiro atoms. The first-order valence-corrected chi connectivity index (χ1v) is 8.34. The van der Waals surface area contributed by atoms with Crippen molar-refractivity contribution in [3.05, 3.63) is 53.1 Å². The molecule has 0 unspecified atom stereocenters. The van der Waals surface area contributed by atoms with Gasteiger partial charge in [-0.05, 0) is 36.2 Å². The number of halogens is 3. The Kier molecular flexibility index (Phi) is 5.54. The summed E-state index contributed by atoms with van der Waals surface area (Å²) in [5.41, 5.74) is 1.05. The Labute approximate surface area is 154 Å². The molecule has 1 heterocycles. The molecule has 0 saturated heterocycles. The fourth-order valence-corrected chi connectivity index (χ4v) is 3.08. The summed E-state index contributed by atoms with van der Waals surface area (Å²) in [4.78, 5) is 11.2. The molecular weight excluding hydrogens is 359 g/mol. The van der Waals surface area contributed by atoms with Crippen LogP contribution >= 0.6 is 0 Å². The van der Waals surface area contributed by atoms with Crippen molar-refractivity contribution in [2.75, 3.05) is 0 Å². The Balaban J connectivity index is 0.00000126. The minimum Gasteiger partial charge on any atom is -0.507 e. The van der Waals surface area contributed by atoms with Crippen LogP contribution < -0.4 is 0 Å². The number of alkyl halides is 3. The fourth-order valence-electron chi connectivity index (χ4n) is 3.08. The van der Waals surface area contributed by atoms with E-state index in [0.29, 0.717) is 27.7 Å². The van der Waals surface area contributed by atoms with Crippen molar-refractivity contribution >= 4 is 16.9 Å². The van der Waals surface area contributed by atoms with E-state index < -0.39 is 23.5 Å². The van der Waals surface area contributed by atoms with Gasteiger partial charge in [-0.3, -0.25) is 0 Å². The highest BCUT2D eigenvalue weighted by Gasteiger charge is 2.31. The summed E-state index contributed by atoms with van der Waals surface area (Å²) >= 11 is 0. The number of aromatic nitrogens is 1. The average Bonchev–Trinajstić information content (AvgIpc) is 2.85. The molecule has 0 saturated carbocycles. The number of carboxylic acids is 1. The number of hydrogen-bond acceptors (Lipinski definition) is 2. The number of hydrogen-bond donors (Lipinski definition) is 2. The second-order valence-corrected chi connectivity index (χ2v) is 5.80. The monoisotopic (exact) mass is 379 g/mol. The van der Waals surface area contributed by atoms with Crippen molar-refractivity contribution in [1.82, 2.24) is 4.57 Å². The lowest BCUT2D eigenvalue weighted by atomic mass is 10.0. The van der Waals surface area contributed by atoms with Gasteiger partial charge in [-0.15, -0.1) is 0 Å². The van der Waals surface area contributed by atoms with Gasteiger partial charge in [0.2, 0.25) is 0 Å². The van der Waals surface area contributed by atoms with Gasteiger partial charge in [0, 0.05) is 18.5 Å². The molecule has 4 nitrogen and oxygen atoms in total. The highest BCUT2D eigenvalue weighted by molar-refractivity contribution is 6.00. The topological polar surface area (TPSA) is 62.5 Å². The van der Waals surface area contributed by atoms with E-state index in [0.717, 1.165) is 12.1 Å². The van der Waals surface area contributed by atoms with Crippen LogP contribution in [-0.4, -0.2) is 20.7 Å². The molecule has 0 aliphatic heterocycles. The van der Waals surface area contributed by atoms with Crippen molar-refractivity contribution in [1.29, 1.82) is 0 Å². The molecule has 2 N–H and O–H groups in total. The van der Waals surface area contributed by atoms with Gasteiger partial charge in [-0.2, -0.15) is 13.2 Å². The van der Waals surface area contributed by atoms with E-state index in [4.69, 9.17) is 5.11 Å². The number of rotatable bonds is 2. The predicted octanol–water partition coefficient (Wildman–Crippen LogP) is 5.60. The molecule has 1 aromatic heterocycles. The van der Waals surface area contributed by atoms with Gasteiger partial charge >= 0.3 is 12.1 Å². The highest BCUT2D eigenvalue weighted by Crippen LogP contribution is 2.38. The number of aryl methyl sites for hydroxylation is 2. The van der Waals surface area contributed by atoms with Crippen LogP contribution in [0.4, 0.5) is 13.2 Å². The van der Waals surface area contributed by atoms with Crippen molar-refractivity contribution in [2.24, 2.45) is 7.05 Å². The van der Waals surface area contributed by atoms with Gasteiger partial charge in [0.25, 0.3) is 0 Å².